The number of aromatic amines is 1. The maximum absolute atomic E-state index is 12.3. The molecule has 0 saturated carbocycles. The van der Waals surface area contributed by atoms with Gasteiger partial charge in [0.25, 0.3) is 17.4 Å². The molecule has 4 N–H and O–H groups in total. The first-order chi connectivity index (χ1) is 20.0. The highest BCUT2D eigenvalue weighted by Gasteiger charge is 2.22. The molecule has 1 aromatic carbocycles. The second-order valence-corrected chi connectivity index (χ2v) is 10.0. The van der Waals surface area contributed by atoms with E-state index in [9.17, 15) is 9.90 Å². The Balaban J connectivity index is 1.35. The molecule has 41 heavy (non-hydrogen) atoms. The molecule has 212 valence electrons. The molecule has 0 aliphatic carbocycles. The fraction of sp³-hybridized carbons (Fsp3) is 0.321. The van der Waals surface area contributed by atoms with Crippen LogP contribution in [0.15, 0.2) is 64.0 Å². The third kappa shape index (κ3) is 5.49. The third-order valence-electron chi connectivity index (χ3n) is 6.90. The fourth-order valence-electron chi connectivity index (χ4n) is 4.74. The Kier molecular flexibility index (Phi) is 7.35. The summed E-state index contributed by atoms with van der Waals surface area (Å²) in [6.07, 6.45) is 1.64. The number of ether oxygens (including phenoxy) is 1. The van der Waals surface area contributed by atoms with Gasteiger partial charge in [-0.1, -0.05) is 30.3 Å². The van der Waals surface area contributed by atoms with Crippen molar-refractivity contribution in [3.05, 3.63) is 70.6 Å². The van der Waals surface area contributed by atoms with Gasteiger partial charge in [0.2, 0.25) is 0 Å². The van der Waals surface area contributed by atoms with Crippen molar-refractivity contribution in [2.45, 2.75) is 25.9 Å². The molecule has 1 aliphatic heterocycles. The van der Waals surface area contributed by atoms with Crippen molar-refractivity contribution in [2.75, 3.05) is 48.4 Å². The summed E-state index contributed by atoms with van der Waals surface area (Å²) in [5.74, 6) is 1.80. The zero-order valence-corrected chi connectivity index (χ0v) is 22.7. The highest BCUT2D eigenvalue weighted by Crippen LogP contribution is 2.33. The van der Waals surface area contributed by atoms with Gasteiger partial charge >= 0.3 is 0 Å². The van der Waals surface area contributed by atoms with Gasteiger partial charge in [0, 0.05) is 31.4 Å². The number of H-pyrrole nitrogens is 1. The number of aliphatic hydroxyl groups is 1. The molecule has 0 bridgehead atoms. The summed E-state index contributed by atoms with van der Waals surface area (Å²) < 4.78 is 12.8. The molecular formula is C28H31N9O4. The molecule has 5 aromatic rings. The summed E-state index contributed by atoms with van der Waals surface area (Å²) >= 11 is 0. The predicted molar refractivity (Wildman–Crippen MR) is 154 cm³/mol. The minimum absolute atomic E-state index is 0.0290. The van der Waals surface area contributed by atoms with Gasteiger partial charge in [-0.15, -0.1) is 0 Å². The van der Waals surface area contributed by atoms with Crippen LogP contribution in [0.3, 0.4) is 0 Å². The molecule has 1 saturated heterocycles. The zero-order chi connectivity index (χ0) is 28.3. The Hall–Kier alpha value is -4.75. The molecule has 0 amide bonds. The molecule has 5 heterocycles. The number of morpholine rings is 1. The van der Waals surface area contributed by atoms with Crippen molar-refractivity contribution in [2.24, 2.45) is 0 Å². The van der Waals surface area contributed by atoms with Crippen molar-refractivity contribution in [3.63, 3.8) is 0 Å². The van der Waals surface area contributed by atoms with E-state index in [2.05, 4.69) is 35.8 Å². The number of hydrogen-bond donors (Lipinski definition) is 4. The first kappa shape index (κ1) is 26.5. The van der Waals surface area contributed by atoms with Crippen molar-refractivity contribution in [1.29, 1.82) is 0 Å². The summed E-state index contributed by atoms with van der Waals surface area (Å²) in [6, 6.07) is 14.6. The van der Waals surface area contributed by atoms with E-state index in [1.165, 1.54) is 0 Å². The van der Waals surface area contributed by atoms with Gasteiger partial charge in [-0.3, -0.25) is 14.6 Å². The van der Waals surface area contributed by atoms with Crippen LogP contribution < -0.4 is 21.1 Å². The maximum Gasteiger partial charge on any atom is 0.273 e. The van der Waals surface area contributed by atoms with E-state index < -0.39 is 6.04 Å². The lowest BCUT2D eigenvalue weighted by Gasteiger charge is -2.24. The lowest BCUT2D eigenvalue weighted by Crippen LogP contribution is -2.36. The molecule has 0 spiro atoms. The van der Waals surface area contributed by atoms with Gasteiger partial charge in [0.15, 0.2) is 5.65 Å². The molecule has 0 unspecified atom stereocenters. The van der Waals surface area contributed by atoms with E-state index in [1.807, 2.05) is 49.1 Å². The lowest BCUT2D eigenvalue weighted by atomic mass is 10.1. The summed E-state index contributed by atoms with van der Waals surface area (Å²) in [4.78, 5) is 28.2. The van der Waals surface area contributed by atoms with E-state index in [4.69, 9.17) is 9.26 Å². The molecular weight excluding hydrogens is 526 g/mol. The number of aromatic nitrogens is 6. The topological polar surface area (TPSA) is 159 Å². The number of rotatable bonds is 9. The van der Waals surface area contributed by atoms with Gasteiger partial charge in [-0.25, -0.2) is 9.97 Å². The van der Waals surface area contributed by atoms with Gasteiger partial charge in [0.05, 0.1) is 42.5 Å². The Morgan fingerprint density at radius 2 is 1.88 bits per heavy atom. The normalized spacial score (nSPS) is 14.5. The molecule has 1 atom stereocenters. The number of nitrogens with zero attached hydrogens (tertiary/aromatic N) is 6. The number of pyridine rings is 2. The molecule has 1 aliphatic rings. The Morgan fingerprint density at radius 3 is 2.63 bits per heavy atom. The standard InChI is InChI=1S/C28H31N9O4/c1-17(2)37-25-19(26(39)34-37)8-9-23(32-25)31-24-14-21(30-22(16-38)18-6-4-3-5-7-18)20(15-29-24)27-33-28(35-41-27)36-10-12-40-13-11-36/h3-9,14-15,17,22,38H,10-13,16H2,1-2H3,(H,34,39)(H2,29,30,31,32)/t22-/m1/s1. The van der Waals surface area contributed by atoms with Crippen LogP contribution in [0.2, 0.25) is 0 Å². The van der Waals surface area contributed by atoms with Crippen LogP contribution >= 0.6 is 0 Å². The van der Waals surface area contributed by atoms with E-state index >= 15 is 0 Å². The summed E-state index contributed by atoms with van der Waals surface area (Å²) in [6.45, 7) is 6.36. The highest BCUT2D eigenvalue weighted by molar-refractivity contribution is 5.79. The molecule has 13 nitrogen and oxygen atoms in total. The number of fused-ring (bicyclic) bond motifs is 1. The van der Waals surface area contributed by atoms with E-state index in [0.29, 0.717) is 72.1 Å². The minimum atomic E-state index is -0.401. The monoisotopic (exact) mass is 557 g/mol. The second-order valence-electron chi connectivity index (χ2n) is 10.0. The zero-order valence-electron chi connectivity index (χ0n) is 22.7. The first-order valence-corrected chi connectivity index (χ1v) is 13.5. The minimum Gasteiger partial charge on any atom is -0.394 e. The van der Waals surface area contributed by atoms with Crippen LogP contribution in [-0.4, -0.2) is 67.9 Å². The van der Waals surface area contributed by atoms with Crippen LogP contribution in [0, 0.1) is 0 Å². The molecule has 0 radical (unpaired) electrons. The van der Waals surface area contributed by atoms with Gasteiger partial charge < -0.3 is 29.9 Å². The fourth-order valence-corrected chi connectivity index (χ4v) is 4.74. The van der Waals surface area contributed by atoms with E-state index in [-0.39, 0.29) is 18.2 Å². The Morgan fingerprint density at radius 1 is 1.07 bits per heavy atom. The van der Waals surface area contributed by atoms with Crippen molar-refractivity contribution < 1.29 is 14.4 Å². The number of nitrogens with one attached hydrogen (secondary N) is 3. The smallest absolute Gasteiger partial charge is 0.273 e. The quantitative estimate of drug-likeness (QED) is 0.210. The Labute approximate surface area is 235 Å². The van der Waals surface area contributed by atoms with Gasteiger partial charge in [-0.05, 0) is 36.7 Å². The average molecular weight is 558 g/mol. The van der Waals surface area contributed by atoms with Crippen LogP contribution in [0.5, 0.6) is 0 Å². The lowest BCUT2D eigenvalue weighted by molar-refractivity contribution is 0.121. The predicted octanol–water partition coefficient (Wildman–Crippen LogP) is 3.48. The number of hydrogen-bond acceptors (Lipinski definition) is 11. The van der Waals surface area contributed by atoms with E-state index in [0.717, 1.165) is 5.56 Å². The molecule has 1 fully saturated rings. The van der Waals surface area contributed by atoms with Crippen LogP contribution in [0.1, 0.15) is 31.5 Å². The summed E-state index contributed by atoms with van der Waals surface area (Å²) in [7, 11) is 0. The number of anilines is 4. The average Bonchev–Trinajstić information content (AvgIpc) is 3.62. The second kappa shape index (κ2) is 11.4. The van der Waals surface area contributed by atoms with Crippen molar-refractivity contribution >= 4 is 34.3 Å². The molecule has 4 aromatic heterocycles. The largest absolute Gasteiger partial charge is 0.394 e. The SMILES string of the molecule is CC(C)n1[nH]c(=O)c2ccc(Nc3cc(N[C@H](CO)c4ccccc4)c(-c4nc(N5CCOCC5)no4)cn3)nc21. The summed E-state index contributed by atoms with van der Waals surface area (Å²) in [5, 5.41) is 24.4. The van der Waals surface area contributed by atoms with Crippen LogP contribution in [0.4, 0.5) is 23.3 Å². The Bertz CT molecular complexity index is 1690. The van der Waals surface area contributed by atoms with Crippen molar-refractivity contribution in [1.82, 2.24) is 29.9 Å². The molecule has 13 heteroatoms. The molecule has 6 rings (SSSR count). The number of aliphatic hydroxyl groups excluding tert-OH is 1. The first-order valence-electron chi connectivity index (χ1n) is 13.5. The van der Waals surface area contributed by atoms with E-state index in [1.54, 1.807) is 29.1 Å². The van der Waals surface area contributed by atoms with Crippen LogP contribution in [0.25, 0.3) is 22.5 Å². The van der Waals surface area contributed by atoms with Gasteiger partial charge in [0.1, 0.15) is 11.6 Å². The highest BCUT2D eigenvalue weighted by atomic mass is 16.5. The maximum atomic E-state index is 12.3. The third-order valence-corrected chi connectivity index (χ3v) is 6.90. The summed E-state index contributed by atoms with van der Waals surface area (Å²) in [5.41, 5.74) is 2.49. The van der Waals surface area contributed by atoms with Crippen LogP contribution in [-0.2, 0) is 4.74 Å². The number of benzene rings is 1. The van der Waals surface area contributed by atoms with Gasteiger partial charge in [-0.2, -0.15) is 4.98 Å². The van der Waals surface area contributed by atoms with Crippen molar-refractivity contribution in [3.8, 4) is 11.5 Å².